The van der Waals surface area contributed by atoms with E-state index < -0.39 is 0 Å². The average Bonchev–Trinajstić information content (AvgIpc) is 2.55. The molecular formula is C23H32. The highest BCUT2D eigenvalue weighted by atomic mass is 14.2. The third-order valence-electron chi connectivity index (χ3n) is 5.19. The number of aryl methyl sites for hydroxylation is 2. The molecule has 1 aliphatic rings. The van der Waals surface area contributed by atoms with Crippen molar-refractivity contribution in [2.45, 2.75) is 59.8 Å². The van der Waals surface area contributed by atoms with Gasteiger partial charge in [0.25, 0.3) is 0 Å². The lowest BCUT2D eigenvalue weighted by molar-refractivity contribution is 0.277. The summed E-state index contributed by atoms with van der Waals surface area (Å²) in [7, 11) is 0. The van der Waals surface area contributed by atoms with Crippen LogP contribution in [0.4, 0.5) is 0 Å². The lowest BCUT2D eigenvalue weighted by Crippen LogP contribution is -2.12. The van der Waals surface area contributed by atoms with Crippen molar-refractivity contribution in [3.05, 3.63) is 70.8 Å². The monoisotopic (exact) mass is 308 g/mol. The zero-order valence-corrected chi connectivity index (χ0v) is 15.3. The Morgan fingerprint density at radius 1 is 0.652 bits per heavy atom. The fourth-order valence-corrected chi connectivity index (χ4v) is 3.15. The quantitative estimate of drug-likeness (QED) is 0.577. The third-order valence-corrected chi connectivity index (χ3v) is 5.19. The van der Waals surface area contributed by atoms with Gasteiger partial charge in [-0.1, -0.05) is 99.2 Å². The molecule has 124 valence electrons. The van der Waals surface area contributed by atoms with Gasteiger partial charge in [0.1, 0.15) is 0 Å². The first-order valence-electron chi connectivity index (χ1n) is 9.15. The molecule has 0 heterocycles. The normalized spacial score (nSPS) is 20.5. The summed E-state index contributed by atoms with van der Waals surface area (Å²) in [5, 5.41) is 0. The Morgan fingerprint density at radius 2 is 1.00 bits per heavy atom. The van der Waals surface area contributed by atoms with Crippen molar-refractivity contribution in [2.24, 2.45) is 11.8 Å². The fourth-order valence-electron chi connectivity index (χ4n) is 3.15. The summed E-state index contributed by atoms with van der Waals surface area (Å²) < 4.78 is 0. The van der Waals surface area contributed by atoms with E-state index in [1.165, 1.54) is 47.9 Å². The zero-order valence-electron chi connectivity index (χ0n) is 15.3. The molecule has 0 bridgehead atoms. The fraction of sp³-hybridized carbons (Fsp3) is 0.478. The SMILES string of the molecule is CC1CCCCC1C.Cc1ccc(Cc2ccc(C)cc2)cc1. The molecule has 0 radical (unpaired) electrons. The Hall–Kier alpha value is -1.56. The van der Waals surface area contributed by atoms with Gasteiger partial charge in [-0.25, -0.2) is 0 Å². The molecule has 2 atom stereocenters. The van der Waals surface area contributed by atoms with Crippen molar-refractivity contribution < 1.29 is 0 Å². The van der Waals surface area contributed by atoms with Crippen LogP contribution in [0.5, 0.6) is 0 Å². The predicted octanol–water partition coefficient (Wildman–Crippen LogP) is 6.73. The number of benzene rings is 2. The smallest absolute Gasteiger partial charge is 0.00258 e. The Kier molecular flexibility index (Phi) is 6.89. The number of hydrogen-bond donors (Lipinski definition) is 0. The van der Waals surface area contributed by atoms with Gasteiger partial charge >= 0.3 is 0 Å². The molecule has 1 aliphatic carbocycles. The molecular weight excluding hydrogens is 276 g/mol. The van der Waals surface area contributed by atoms with Crippen molar-refractivity contribution in [3.8, 4) is 0 Å². The van der Waals surface area contributed by atoms with Crippen LogP contribution in [0, 0.1) is 25.7 Å². The summed E-state index contributed by atoms with van der Waals surface area (Å²) in [6.07, 6.45) is 6.93. The predicted molar refractivity (Wildman–Crippen MR) is 102 cm³/mol. The van der Waals surface area contributed by atoms with Crippen LogP contribution in [-0.4, -0.2) is 0 Å². The molecule has 0 heteroatoms. The van der Waals surface area contributed by atoms with Crippen LogP contribution in [0.15, 0.2) is 48.5 Å². The van der Waals surface area contributed by atoms with E-state index in [1.54, 1.807) is 0 Å². The van der Waals surface area contributed by atoms with E-state index in [4.69, 9.17) is 0 Å². The highest BCUT2D eigenvalue weighted by Crippen LogP contribution is 2.28. The van der Waals surface area contributed by atoms with E-state index in [1.807, 2.05) is 0 Å². The van der Waals surface area contributed by atoms with E-state index in [-0.39, 0.29) is 0 Å². The Balaban J connectivity index is 0.000000203. The molecule has 2 unspecified atom stereocenters. The average molecular weight is 309 g/mol. The topological polar surface area (TPSA) is 0 Å². The second-order valence-electron chi connectivity index (χ2n) is 7.39. The van der Waals surface area contributed by atoms with Gasteiger partial charge in [0.15, 0.2) is 0 Å². The van der Waals surface area contributed by atoms with Crippen LogP contribution in [-0.2, 0) is 6.42 Å². The van der Waals surface area contributed by atoms with E-state index in [0.29, 0.717) is 0 Å². The van der Waals surface area contributed by atoms with E-state index in [9.17, 15) is 0 Å². The Bertz CT molecular complexity index is 508. The lowest BCUT2D eigenvalue weighted by atomic mass is 9.82. The van der Waals surface area contributed by atoms with Crippen molar-refractivity contribution in [1.82, 2.24) is 0 Å². The van der Waals surface area contributed by atoms with E-state index >= 15 is 0 Å². The van der Waals surface area contributed by atoms with Crippen LogP contribution in [0.25, 0.3) is 0 Å². The molecule has 0 amide bonds. The largest absolute Gasteiger partial charge is 0.0623 e. The summed E-state index contributed by atoms with van der Waals surface area (Å²) >= 11 is 0. The highest BCUT2D eigenvalue weighted by molar-refractivity contribution is 5.29. The first-order chi connectivity index (χ1) is 11.0. The second-order valence-corrected chi connectivity index (χ2v) is 7.39. The molecule has 1 fully saturated rings. The highest BCUT2D eigenvalue weighted by Gasteiger charge is 2.15. The molecule has 2 aromatic rings. The van der Waals surface area contributed by atoms with E-state index in [0.717, 1.165) is 18.3 Å². The summed E-state index contributed by atoms with van der Waals surface area (Å²) in [5.41, 5.74) is 5.40. The summed E-state index contributed by atoms with van der Waals surface area (Å²) in [6, 6.07) is 17.5. The van der Waals surface area contributed by atoms with Crippen molar-refractivity contribution >= 4 is 0 Å². The molecule has 3 rings (SSSR count). The minimum absolute atomic E-state index is 1.00. The zero-order chi connectivity index (χ0) is 16.7. The minimum Gasteiger partial charge on any atom is -0.0623 e. The van der Waals surface area contributed by atoms with Crippen LogP contribution in [0.3, 0.4) is 0 Å². The van der Waals surface area contributed by atoms with Crippen LogP contribution in [0.2, 0.25) is 0 Å². The maximum Gasteiger partial charge on any atom is -0.00258 e. The van der Waals surface area contributed by atoms with Crippen molar-refractivity contribution in [3.63, 3.8) is 0 Å². The van der Waals surface area contributed by atoms with Gasteiger partial charge in [0.05, 0.1) is 0 Å². The van der Waals surface area contributed by atoms with Crippen LogP contribution >= 0.6 is 0 Å². The van der Waals surface area contributed by atoms with E-state index in [2.05, 4.69) is 76.2 Å². The molecule has 0 N–H and O–H groups in total. The van der Waals surface area contributed by atoms with Crippen molar-refractivity contribution in [1.29, 1.82) is 0 Å². The first-order valence-corrected chi connectivity index (χ1v) is 9.15. The molecule has 0 nitrogen and oxygen atoms in total. The van der Waals surface area contributed by atoms with Gasteiger partial charge < -0.3 is 0 Å². The summed E-state index contributed by atoms with van der Waals surface area (Å²) in [6.45, 7) is 9.00. The van der Waals surface area contributed by atoms with Crippen LogP contribution < -0.4 is 0 Å². The Morgan fingerprint density at radius 3 is 1.30 bits per heavy atom. The molecule has 0 saturated heterocycles. The molecule has 1 saturated carbocycles. The third kappa shape index (κ3) is 6.22. The van der Waals surface area contributed by atoms with Crippen molar-refractivity contribution in [2.75, 3.05) is 0 Å². The minimum atomic E-state index is 1.00. The summed E-state index contributed by atoms with van der Waals surface area (Å²) in [4.78, 5) is 0. The number of rotatable bonds is 2. The maximum atomic E-state index is 2.38. The maximum absolute atomic E-state index is 2.38. The van der Waals surface area contributed by atoms with Gasteiger partial charge in [-0.05, 0) is 43.2 Å². The van der Waals surface area contributed by atoms with Gasteiger partial charge in [0.2, 0.25) is 0 Å². The molecule has 0 spiro atoms. The van der Waals surface area contributed by atoms with Gasteiger partial charge in [0, 0.05) is 0 Å². The van der Waals surface area contributed by atoms with Crippen LogP contribution in [0.1, 0.15) is 61.8 Å². The van der Waals surface area contributed by atoms with Gasteiger partial charge in [-0.15, -0.1) is 0 Å². The molecule has 0 aliphatic heterocycles. The standard InChI is InChI=1S/C15H16.C8H16/c1-12-3-7-14(8-4-12)11-15-9-5-13(2)6-10-15;1-7-5-3-4-6-8(7)2/h3-10H,11H2,1-2H3;7-8H,3-6H2,1-2H3. The number of hydrogen-bond acceptors (Lipinski definition) is 0. The summed E-state index contributed by atoms with van der Waals surface area (Å²) in [5.74, 6) is 2.01. The van der Waals surface area contributed by atoms with Gasteiger partial charge in [-0.3, -0.25) is 0 Å². The Labute approximate surface area is 143 Å². The lowest BCUT2D eigenvalue weighted by Gasteiger charge is -2.24. The molecule has 2 aromatic carbocycles. The van der Waals surface area contributed by atoms with Gasteiger partial charge in [-0.2, -0.15) is 0 Å². The second kappa shape index (κ2) is 8.91. The molecule has 23 heavy (non-hydrogen) atoms. The molecule has 0 aromatic heterocycles. The first kappa shape index (κ1) is 17.8.